The molecule has 4 aromatic carbocycles. The van der Waals surface area contributed by atoms with Crippen LogP contribution in [-0.2, 0) is 23.7 Å². The average Bonchev–Trinajstić information content (AvgIpc) is 3.73. The predicted octanol–water partition coefficient (Wildman–Crippen LogP) is 13.6. The lowest BCUT2D eigenvalue weighted by atomic mass is 9.47. The van der Waals surface area contributed by atoms with Crippen molar-refractivity contribution in [3.05, 3.63) is 150 Å². The minimum atomic E-state index is -1.30. The Balaban J connectivity index is 1.01. The van der Waals surface area contributed by atoms with Gasteiger partial charge in [0, 0.05) is 10.6 Å². The van der Waals surface area contributed by atoms with Crippen molar-refractivity contribution >= 4 is 29.7 Å². The second-order valence-corrected chi connectivity index (χ2v) is 22.8. The zero-order valence-corrected chi connectivity index (χ0v) is 42.0. The smallest absolute Gasteiger partial charge is 0.338 e. The number of rotatable bonds is 16. The topological polar surface area (TPSA) is 97.4 Å². The molecule has 5 aliphatic rings. The molecule has 9 heteroatoms. The number of carbonyl (C=O) groups excluding carboxylic acids is 3. The molecule has 0 N–H and O–H groups in total. The number of hydrogen-bond acceptors (Lipinski definition) is 9. The maximum atomic E-state index is 14.2. The van der Waals surface area contributed by atoms with Crippen LogP contribution in [0.1, 0.15) is 136 Å². The summed E-state index contributed by atoms with van der Waals surface area (Å²) in [4.78, 5) is 43.5. The molecule has 0 bridgehead atoms. The third kappa shape index (κ3) is 10.8. The molecule has 69 heavy (non-hydrogen) atoms. The summed E-state index contributed by atoms with van der Waals surface area (Å²) in [5.41, 5.74) is 2.90. The monoisotopic (exact) mass is 952 g/mol. The van der Waals surface area contributed by atoms with E-state index in [-0.39, 0.29) is 11.5 Å². The Kier molecular flexibility index (Phi) is 15.5. The van der Waals surface area contributed by atoms with Crippen molar-refractivity contribution in [1.29, 1.82) is 0 Å². The first-order valence-corrected chi connectivity index (χ1v) is 26.9. The Hall–Kier alpha value is -4.70. The lowest BCUT2D eigenvalue weighted by Gasteiger charge is -2.58. The molecule has 4 fully saturated rings. The van der Waals surface area contributed by atoms with E-state index in [1.807, 2.05) is 48.5 Å². The van der Waals surface area contributed by atoms with Crippen molar-refractivity contribution in [3.63, 3.8) is 0 Å². The van der Waals surface area contributed by atoms with Crippen molar-refractivity contribution in [2.75, 3.05) is 5.75 Å². The van der Waals surface area contributed by atoms with Crippen LogP contribution in [0.2, 0.25) is 0 Å². The maximum Gasteiger partial charge on any atom is 0.338 e. The minimum Gasteiger partial charge on any atom is -0.452 e. The Morgan fingerprint density at radius 1 is 0.652 bits per heavy atom. The van der Waals surface area contributed by atoms with Crippen molar-refractivity contribution in [2.24, 2.45) is 46.3 Å². The molecule has 366 valence electrons. The number of allylic oxidation sites excluding steroid dienone is 1. The van der Waals surface area contributed by atoms with Crippen LogP contribution in [0.4, 0.5) is 0 Å². The van der Waals surface area contributed by atoms with Crippen LogP contribution in [0.3, 0.4) is 0 Å². The molecule has 13 atom stereocenters. The Labute approximate surface area is 414 Å². The van der Waals surface area contributed by atoms with Gasteiger partial charge in [0.1, 0.15) is 6.10 Å². The highest BCUT2D eigenvalue weighted by Gasteiger charge is 2.60. The summed E-state index contributed by atoms with van der Waals surface area (Å²) in [5.74, 6) is 2.87. The first-order chi connectivity index (χ1) is 33.4. The van der Waals surface area contributed by atoms with E-state index in [1.165, 1.54) is 62.3 Å². The molecule has 0 spiro atoms. The van der Waals surface area contributed by atoms with Gasteiger partial charge in [0.05, 0.1) is 22.8 Å². The molecule has 0 radical (unpaired) electrons. The van der Waals surface area contributed by atoms with Crippen LogP contribution in [0.15, 0.2) is 138 Å². The quantitative estimate of drug-likeness (QED) is 0.0471. The molecule has 0 unspecified atom stereocenters. The van der Waals surface area contributed by atoms with Gasteiger partial charge in [-0.3, -0.25) is 0 Å². The van der Waals surface area contributed by atoms with Crippen LogP contribution < -0.4 is 0 Å². The fourth-order valence-electron chi connectivity index (χ4n) is 13.5. The van der Waals surface area contributed by atoms with Crippen molar-refractivity contribution < 1.29 is 38.1 Å². The first-order valence-electron chi connectivity index (χ1n) is 25.9. The second-order valence-electron chi connectivity index (χ2n) is 21.7. The molecule has 1 saturated heterocycles. The SMILES string of the molecule is CC(C)CCC[C@@H](C)[C@H]1CC[C@H]2[C@@H]3CC=C4C[C@@H](O[C@@H]5O[C@H](CSc6ccccc6)[C@@H](OC(=O)c6ccccc6)[C@H](OC(=O)c6ccccc6)[C@H]5OC(=O)c5ccccc5)CC[C@]4(C)[C@H]3CC[C@]12C. The zero-order chi connectivity index (χ0) is 48.1. The summed E-state index contributed by atoms with van der Waals surface area (Å²) in [5, 5.41) is 0. The number of fused-ring (bicyclic) bond motifs is 5. The fourth-order valence-corrected chi connectivity index (χ4v) is 14.4. The largest absolute Gasteiger partial charge is 0.452 e. The second kappa shape index (κ2) is 21.7. The van der Waals surface area contributed by atoms with Gasteiger partial charge in [0.2, 0.25) is 0 Å². The molecular formula is C60H72O8S. The van der Waals surface area contributed by atoms with Crippen LogP contribution in [-0.4, -0.2) is 60.5 Å². The standard InChI is InChI=1S/C60H72O8S/c1-39(2)19-18-20-40(3)48-31-32-49-47-30-29-44-37-45(33-35-59(44,4)50(47)34-36-60(48,49)5)64-58-54(68-57(63)43-25-14-8-15-26-43)53(67-56(62)42-23-12-7-13-24-42)52(66-55(61)41-21-10-6-11-22-41)51(65-58)38-69-46-27-16-9-17-28-46/h6-17,21-29,39-40,45,47-54,58H,18-20,30-38H2,1-5H3/t40-,45+,47+,48-,49+,50+,51-,52-,53+,54-,58-,59+,60-/m1/s1. The van der Waals surface area contributed by atoms with Gasteiger partial charge < -0.3 is 23.7 Å². The summed E-state index contributed by atoms with van der Waals surface area (Å²) >= 11 is 1.54. The molecule has 9 rings (SSSR count). The van der Waals surface area contributed by atoms with Gasteiger partial charge in [0.15, 0.2) is 24.6 Å². The molecule has 0 amide bonds. The highest BCUT2D eigenvalue weighted by Crippen LogP contribution is 2.67. The summed E-state index contributed by atoms with van der Waals surface area (Å²) < 4.78 is 33.4. The van der Waals surface area contributed by atoms with Gasteiger partial charge in [0.25, 0.3) is 0 Å². The number of benzene rings is 4. The van der Waals surface area contributed by atoms with Gasteiger partial charge in [-0.05, 0) is 146 Å². The third-order valence-electron chi connectivity index (χ3n) is 17.1. The van der Waals surface area contributed by atoms with Crippen LogP contribution in [0.25, 0.3) is 0 Å². The number of ether oxygens (including phenoxy) is 5. The third-order valence-corrected chi connectivity index (χ3v) is 18.2. The summed E-state index contributed by atoms with van der Waals surface area (Å²) in [6.07, 6.45) is 9.51. The Morgan fingerprint density at radius 2 is 1.22 bits per heavy atom. The lowest BCUT2D eigenvalue weighted by molar-refractivity contribution is -0.302. The minimum absolute atomic E-state index is 0.0804. The van der Waals surface area contributed by atoms with Crippen molar-refractivity contribution in [1.82, 2.24) is 0 Å². The van der Waals surface area contributed by atoms with E-state index < -0.39 is 48.6 Å². The van der Waals surface area contributed by atoms with E-state index in [0.717, 1.165) is 54.3 Å². The molecule has 0 aromatic heterocycles. The fraction of sp³-hybridized carbons (Fsp3) is 0.517. The van der Waals surface area contributed by atoms with Gasteiger partial charge in [-0.1, -0.05) is 138 Å². The first kappa shape index (κ1) is 49.3. The number of thioether (sulfide) groups is 1. The number of hydrogen-bond donors (Lipinski definition) is 0. The lowest BCUT2D eigenvalue weighted by Crippen LogP contribution is -2.63. The van der Waals surface area contributed by atoms with Crippen LogP contribution in [0.5, 0.6) is 0 Å². The van der Waals surface area contributed by atoms with E-state index in [4.69, 9.17) is 23.7 Å². The molecule has 8 nitrogen and oxygen atoms in total. The van der Waals surface area contributed by atoms with E-state index in [1.54, 1.807) is 72.8 Å². The van der Waals surface area contributed by atoms with E-state index >= 15 is 0 Å². The highest BCUT2D eigenvalue weighted by atomic mass is 32.2. The molecule has 4 aromatic rings. The van der Waals surface area contributed by atoms with Crippen molar-refractivity contribution in [3.8, 4) is 0 Å². The Bertz CT molecular complexity index is 2370. The van der Waals surface area contributed by atoms with Crippen molar-refractivity contribution in [2.45, 2.75) is 147 Å². The summed E-state index contributed by atoms with van der Waals surface area (Å²) in [7, 11) is 0. The Morgan fingerprint density at radius 3 is 1.81 bits per heavy atom. The van der Waals surface area contributed by atoms with Crippen LogP contribution >= 0.6 is 11.8 Å². The maximum absolute atomic E-state index is 14.2. The molecule has 1 heterocycles. The highest BCUT2D eigenvalue weighted by molar-refractivity contribution is 7.99. The molecule has 4 aliphatic carbocycles. The zero-order valence-electron chi connectivity index (χ0n) is 41.2. The normalized spacial score (nSPS) is 32.1. The van der Waals surface area contributed by atoms with Crippen LogP contribution in [0, 0.1) is 46.3 Å². The average molecular weight is 953 g/mol. The van der Waals surface area contributed by atoms with Gasteiger partial charge in [-0.2, -0.15) is 0 Å². The predicted molar refractivity (Wildman–Crippen MR) is 271 cm³/mol. The molecule has 3 saturated carbocycles. The van der Waals surface area contributed by atoms with Gasteiger partial charge in [-0.25, -0.2) is 14.4 Å². The summed E-state index contributed by atoms with van der Waals surface area (Å²) in [6.45, 7) is 12.4. The number of carbonyl (C=O) groups is 3. The van der Waals surface area contributed by atoms with Gasteiger partial charge >= 0.3 is 17.9 Å². The van der Waals surface area contributed by atoms with Gasteiger partial charge in [-0.15, -0.1) is 11.8 Å². The number of esters is 3. The molecular weight excluding hydrogens is 881 g/mol. The van der Waals surface area contributed by atoms with E-state index in [2.05, 4.69) is 40.7 Å². The summed E-state index contributed by atoms with van der Waals surface area (Å²) in [6, 6.07) is 36.0. The van der Waals surface area contributed by atoms with E-state index in [0.29, 0.717) is 39.7 Å². The van der Waals surface area contributed by atoms with E-state index in [9.17, 15) is 14.4 Å². The molecule has 1 aliphatic heterocycles.